The fourth-order valence-electron chi connectivity index (χ4n) is 3.60. The van der Waals surface area contributed by atoms with E-state index in [0.29, 0.717) is 15.6 Å². The van der Waals surface area contributed by atoms with Gasteiger partial charge in [-0.15, -0.1) is 11.3 Å². The summed E-state index contributed by atoms with van der Waals surface area (Å²) in [6.45, 7) is 0. The third-order valence-electron chi connectivity index (χ3n) is 5.24. The first-order valence-electron chi connectivity index (χ1n) is 10.7. The van der Waals surface area contributed by atoms with Crippen LogP contribution < -0.4 is 15.2 Å². The fourth-order valence-corrected chi connectivity index (χ4v) is 6.26. The summed E-state index contributed by atoms with van der Waals surface area (Å²) in [5, 5.41) is 3.07. The quantitative estimate of drug-likeness (QED) is 0.167. The number of urea groups is 1. The molecule has 3 heterocycles. The molecule has 5 aromatic rings. The second-order valence-electron chi connectivity index (χ2n) is 7.78. The summed E-state index contributed by atoms with van der Waals surface area (Å²) in [4.78, 5) is 29.8. The molecule has 0 spiro atoms. The van der Waals surface area contributed by atoms with E-state index >= 15 is 0 Å². The number of thiophene rings is 1. The average molecular weight is 588 g/mol. The number of halogens is 2. The van der Waals surface area contributed by atoms with Crippen LogP contribution in [0.3, 0.4) is 0 Å². The molecule has 0 aliphatic heterocycles. The number of carbonyl (C=O) groups is 2. The van der Waals surface area contributed by atoms with Gasteiger partial charge in [0.05, 0.1) is 15.6 Å². The van der Waals surface area contributed by atoms with E-state index in [1.54, 1.807) is 30.5 Å². The number of anilines is 1. The number of amides is 2. The number of nitrogens with zero attached hydrogens (tertiary/aromatic N) is 1. The van der Waals surface area contributed by atoms with Crippen LogP contribution in [0.2, 0.25) is 10.0 Å². The van der Waals surface area contributed by atoms with Gasteiger partial charge in [-0.05, 0) is 54.6 Å². The topological polar surface area (TPSA) is 142 Å². The molecule has 13 heteroatoms. The summed E-state index contributed by atoms with van der Waals surface area (Å²) in [5.74, 6) is -0.989. The lowest BCUT2D eigenvalue weighted by atomic mass is 10.1. The van der Waals surface area contributed by atoms with Crippen LogP contribution in [0.4, 0.5) is 10.5 Å². The van der Waals surface area contributed by atoms with Gasteiger partial charge in [-0.3, -0.25) is 9.78 Å². The van der Waals surface area contributed by atoms with Crippen molar-refractivity contribution >= 4 is 73.1 Å². The highest BCUT2D eigenvalue weighted by atomic mass is 35.5. The second-order valence-corrected chi connectivity index (χ2v) is 11.5. The standard InChI is InChI=1S/C25H15Cl2N3O6S2/c26-13-4-6-15(17(27)11-13)23(31)24-22(30-25(28)32)16-7-5-14(12-19(16)35-24)36-38(33,34)21-9-8-20(37-21)18-3-1-2-10-29-18/h1-12H,(H3,28,30,32). The van der Waals surface area contributed by atoms with Crippen LogP contribution in [0.25, 0.3) is 21.5 Å². The number of benzene rings is 2. The smallest absolute Gasteiger partial charge is 0.348 e. The SMILES string of the molecule is NC(=O)Nc1c(C(=O)c2ccc(Cl)cc2Cl)oc2cc(OS(=O)(=O)c3ccc(-c4ccccn4)s3)ccc12. The van der Waals surface area contributed by atoms with Crippen molar-refractivity contribution in [2.45, 2.75) is 4.21 Å². The Kier molecular flexibility index (Phi) is 6.84. The van der Waals surface area contributed by atoms with Crippen molar-refractivity contribution in [3.8, 4) is 16.3 Å². The molecule has 2 aromatic carbocycles. The average Bonchev–Trinajstić information content (AvgIpc) is 3.50. The van der Waals surface area contributed by atoms with Gasteiger partial charge in [-0.2, -0.15) is 8.42 Å². The molecule has 3 N–H and O–H groups in total. The Hall–Kier alpha value is -3.90. The van der Waals surface area contributed by atoms with Crippen LogP contribution in [0.1, 0.15) is 16.1 Å². The Bertz CT molecular complexity index is 1820. The molecule has 0 radical (unpaired) electrons. The van der Waals surface area contributed by atoms with Gasteiger partial charge in [-0.25, -0.2) is 4.79 Å². The number of pyridine rings is 1. The van der Waals surface area contributed by atoms with Gasteiger partial charge in [0, 0.05) is 28.2 Å². The molecule has 0 saturated heterocycles. The minimum atomic E-state index is -4.20. The fraction of sp³-hybridized carbons (Fsp3) is 0. The first-order valence-corrected chi connectivity index (χ1v) is 13.7. The molecule has 3 aromatic heterocycles. The first kappa shape index (κ1) is 25.7. The molecule has 2 amide bonds. The number of carbonyl (C=O) groups excluding carboxylic acids is 2. The van der Waals surface area contributed by atoms with Crippen molar-refractivity contribution in [1.29, 1.82) is 0 Å². The highest BCUT2D eigenvalue weighted by Gasteiger charge is 2.26. The third-order valence-corrected chi connectivity index (χ3v) is 8.60. The zero-order valence-corrected chi connectivity index (χ0v) is 22.1. The molecule has 38 heavy (non-hydrogen) atoms. The van der Waals surface area contributed by atoms with E-state index in [-0.39, 0.29) is 43.0 Å². The number of primary amides is 1. The van der Waals surface area contributed by atoms with Crippen LogP contribution in [0, 0.1) is 0 Å². The minimum Gasteiger partial charge on any atom is -0.450 e. The van der Waals surface area contributed by atoms with Crippen LogP contribution in [0.5, 0.6) is 5.75 Å². The van der Waals surface area contributed by atoms with Crippen molar-refractivity contribution in [2.24, 2.45) is 5.73 Å². The van der Waals surface area contributed by atoms with E-state index in [4.69, 9.17) is 37.5 Å². The summed E-state index contributed by atoms with van der Waals surface area (Å²) in [5.41, 5.74) is 6.06. The summed E-state index contributed by atoms with van der Waals surface area (Å²) in [6, 6.07) is 15.8. The Morgan fingerprint density at radius 2 is 1.84 bits per heavy atom. The molecule has 0 saturated carbocycles. The number of ketones is 1. The Balaban J connectivity index is 1.50. The van der Waals surface area contributed by atoms with Gasteiger partial charge in [0.25, 0.3) is 0 Å². The lowest BCUT2D eigenvalue weighted by molar-refractivity contribution is 0.101. The van der Waals surface area contributed by atoms with Crippen LogP contribution in [0.15, 0.2) is 81.6 Å². The summed E-state index contributed by atoms with van der Waals surface area (Å²) >= 11 is 13.1. The summed E-state index contributed by atoms with van der Waals surface area (Å²) in [6.07, 6.45) is 1.61. The Morgan fingerprint density at radius 1 is 1.03 bits per heavy atom. The minimum absolute atomic E-state index is 0.00353. The summed E-state index contributed by atoms with van der Waals surface area (Å²) in [7, 11) is -4.20. The van der Waals surface area contributed by atoms with Crippen molar-refractivity contribution in [3.63, 3.8) is 0 Å². The molecule has 0 aliphatic rings. The van der Waals surface area contributed by atoms with E-state index in [2.05, 4.69) is 10.3 Å². The maximum atomic E-state index is 13.2. The maximum absolute atomic E-state index is 13.2. The summed E-state index contributed by atoms with van der Waals surface area (Å²) < 4.78 is 36.9. The number of hydrogen-bond acceptors (Lipinski definition) is 8. The van der Waals surface area contributed by atoms with Gasteiger partial charge in [0.15, 0.2) is 9.97 Å². The van der Waals surface area contributed by atoms with Gasteiger partial charge in [-0.1, -0.05) is 29.3 Å². The lowest BCUT2D eigenvalue weighted by Crippen LogP contribution is -2.20. The number of hydrogen-bond donors (Lipinski definition) is 2. The molecule has 0 fully saturated rings. The molecular formula is C25H15Cl2N3O6S2. The monoisotopic (exact) mass is 587 g/mol. The van der Waals surface area contributed by atoms with Crippen molar-refractivity contribution < 1.29 is 26.6 Å². The highest BCUT2D eigenvalue weighted by molar-refractivity contribution is 7.89. The van der Waals surface area contributed by atoms with E-state index < -0.39 is 21.9 Å². The zero-order chi connectivity index (χ0) is 27.0. The van der Waals surface area contributed by atoms with Crippen LogP contribution in [-0.4, -0.2) is 25.2 Å². The molecule has 0 unspecified atom stereocenters. The molecule has 5 rings (SSSR count). The molecule has 192 valence electrons. The number of nitrogens with one attached hydrogen (secondary N) is 1. The van der Waals surface area contributed by atoms with E-state index in [1.807, 2.05) is 0 Å². The predicted octanol–water partition coefficient (Wildman–Crippen LogP) is 6.35. The lowest BCUT2D eigenvalue weighted by Gasteiger charge is -2.06. The van der Waals surface area contributed by atoms with Crippen molar-refractivity contribution in [3.05, 3.63) is 94.3 Å². The molecule has 0 atom stereocenters. The highest BCUT2D eigenvalue weighted by Crippen LogP contribution is 2.37. The van der Waals surface area contributed by atoms with E-state index in [1.165, 1.54) is 42.5 Å². The molecule has 0 aliphatic carbocycles. The van der Waals surface area contributed by atoms with E-state index in [0.717, 1.165) is 11.3 Å². The second kappa shape index (κ2) is 10.1. The van der Waals surface area contributed by atoms with Crippen LogP contribution in [-0.2, 0) is 10.1 Å². The van der Waals surface area contributed by atoms with Gasteiger partial charge >= 0.3 is 16.1 Å². The molecule has 9 nitrogen and oxygen atoms in total. The van der Waals surface area contributed by atoms with Gasteiger partial charge < -0.3 is 19.7 Å². The predicted molar refractivity (Wildman–Crippen MR) is 145 cm³/mol. The first-order chi connectivity index (χ1) is 18.1. The zero-order valence-electron chi connectivity index (χ0n) is 19.0. The van der Waals surface area contributed by atoms with Crippen molar-refractivity contribution in [1.82, 2.24) is 4.98 Å². The number of furan rings is 1. The number of fused-ring (bicyclic) bond motifs is 1. The van der Waals surface area contributed by atoms with Crippen molar-refractivity contribution in [2.75, 3.05) is 5.32 Å². The van der Waals surface area contributed by atoms with Gasteiger partial charge in [0.1, 0.15) is 17.0 Å². The molecule has 0 bridgehead atoms. The Morgan fingerprint density at radius 3 is 2.55 bits per heavy atom. The number of aromatic nitrogens is 1. The van der Waals surface area contributed by atoms with Gasteiger partial charge in [0.2, 0.25) is 5.78 Å². The third kappa shape index (κ3) is 5.09. The maximum Gasteiger partial charge on any atom is 0.348 e. The van der Waals surface area contributed by atoms with E-state index in [9.17, 15) is 18.0 Å². The molecular weight excluding hydrogens is 573 g/mol. The number of nitrogens with two attached hydrogens (primary N) is 1. The largest absolute Gasteiger partial charge is 0.450 e. The van der Waals surface area contributed by atoms with Crippen LogP contribution >= 0.6 is 34.5 Å². The number of rotatable bonds is 7. The normalized spacial score (nSPS) is 11.4. The Labute approximate surface area is 229 Å².